The number of benzene rings is 1. The van der Waals surface area contributed by atoms with Crippen molar-refractivity contribution in [3.05, 3.63) is 29.6 Å². The summed E-state index contributed by atoms with van der Waals surface area (Å²) >= 11 is 0. The van der Waals surface area contributed by atoms with Gasteiger partial charge in [-0.25, -0.2) is 4.39 Å². The molecule has 2 atom stereocenters. The topological polar surface area (TPSA) is 64.3 Å². The van der Waals surface area contributed by atoms with Gasteiger partial charge >= 0.3 is 0 Å². The molecule has 0 aromatic heterocycles. The Morgan fingerprint density at radius 3 is 2.50 bits per heavy atom. The number of nitrogens with two attached hydrogens (primary N) is 1. The number of ether oxygens (including phenoxy) is 1. The predicted octanol–water partition coefficient (Wildman–Crippen LogP) is 1.78. The molecule has 0 fully saturated rings. The summed E-state index contributed by atoms with van der Waals surface area (Å²) in [6.07, 6.45) is 0. The number of rotatable bonds is 4. The number of carbonyl (C=O) groups is 1. The summed E-state index contributed by atoms with van der Waals surface area (Å²) in [6.45, 7) is 3.36. The first kappa shape index (κ1) is 16.7. The van der Waals surface area contributed by atoms with E-state index in [-0.39, 0.29) is 30.1 Å². The van der Waals surface area contributed by atoms with Gasteiger partial charge in [0.2, 0.25) is 5.91 Å². The second-order valence-electron chi connectivity index (χ2n) is 3.91. The van der Waals surface area contributed by atoms with Crippen LogP contribution < -0.4 is 15.8 Å². The minimum atomic E-state index is -0.583. The third-order valence-corrected chi connectivity index (χ3v) is 2.45. The van der Waals surface area contributed by atoms with Crippen molar-refractivity contribution in [2.45, 2.75) is 25.9 Å². The molecule has 1 aromatic rings. The largest absolute Gasteiger partial charge is 0.494 e. The lowest BCUT2D eigenvalue weighted by molar-refractivity contribution is -0.122. The second kappa shape index (κ2) is 7.18. The summed E-state index contributed by atoms with van der Waals surface area (Å²) in [5.41, 5.74) is 6.10. The maximum atomic E-state index is 13.4. The van der Waals surface area contributed by atoms with Crippen LogP contribution in [0.4, 0.5) is 4.39 Å². The van der Waals surface area contributed by atoms with E-state index in [0.717, 1.165) is 0 Å². The highest BCUT2D eigenvalue weighted by molar-refractivity contribution is 5.85. The van der Waals surface area contributed by atoms with Crippen molar-refractivity contribution in [1.29, 1.82) is 0 Å². The van der Waals surface area contributed by atoms with Gasteiger partial charge in [0.15, 0.2) is 11.6 Å². The normalized spacial score (nSPS) is 13.2. The van der Waals surface area contributed by atoms with Crippen LogP contribution in [0.1, 0.15) is 25.5 Å². The van der Waals surface area contributed by atoms with Gasteiger partial charge in [-0.2, -0.15) is 0 Å². The van der Waals surface area contributed by atoms with Crippen LogP contribution >= 0.6 is 12.4 Å². The highest BCUT2D eigenvalue weighted by Gasteiger charge is 2.14. The Morgan fingerprint density at radius 1 is 1.44 bits per heavy atom. The monoisotopic (exact) mass is 276 g/mol. The van der Waals surface area contributed by atoms with Crippen LogP contribution in [0.2, 0.25) is 0 Å². The minimum absolute atomic E-state index is 0. The molecule has 3 N–H and O–H groups in total. The maximum absolute atomic E-state index is 13.4. The maximum Gasteiger partial charge on any atom is 0.237 e. The van der Waals surface area contributed by atoms with E-state index in [2.05, 4.69) is 5.32 Å². The van der Waals surface area contributed by atoms with Gasteiger partial charge in [-0.1, -0.05) is 6.07 Å². The average Bonchev–Trinajstić information content (AvgIpc) is 2.28. The third kappa shape index (κ3) is 4.16. The molecule has 18 heavy (non-hydrogen) atoms. The van der Waals surface area contributed by atoms with Crippen LogP contribution in [0.3, 0.4) is 0 Å². The Hall–Kier alpha value is -1.33. The van der Waals surface area contributed by atoms with E-state index in [9.17, 15) is 9.18 Å². The first-order valence-electron chi connectivity index (χ1n) is 5.35. The number of nitrogens with one attached hydrogen (secondary N) is 1. The van der Waals surface area contributed by atoms with E-state index in [1.165, 1.54) is 19.2 Å². The lowest BCUT2D eigenvalue weighted by atomic mass is 10.1. The highest BCUT2D eigenvalue weighted by atomic mass is 35.5. The van der Waals surface area contributed by atoms with E-state index in [4.69, 9.17) is 10.5 Å². The van der Waals surface area contributed by atoms with Crippen molar-refractivity contribution >= 4 is 18.3 Å². The fourth-order valence-corrected chi connectivity index (χ4v) is 1.38. The highest BCUT2D eigenvalue weighted by Crippen LogP contribution is 2.21. The van der Waals surface area contributed by atoms with Crippen LogP contribution in [0.5, 0.6) is 5.75 Å². The summed E-state index contributed by atoms with van der Waals surface area (Å²) < 4.78 is 18.3. The average molecular weight is 277 g/mol. The van der Waals surface area contributed by atoms with E-state index < -0.39 is 11.9 Å². The number of methoxy groups -OCH3 is 1. The molecule has 0 aliphatic heterocycles. The minimum Gasteiger partial charge on any atom is -0.494 e. The van der Waals surface area contributed by atoms with Gasteiger partial charge < -0.3 is 15.8 Å². The zero-order valence-corrected chi connectivity index (χ0v) is 11.4. The van der Waals surface area contributed by atoms with Gasteiger partial charge in [0.1, 0.15) is 0 Å². The molecular formula is C12H18ClFN2O2. The van der Waals surface area contributed by atoms with E-state index in [0.29, 0.717) is 5.56 Å². The molecule has 1 unspecified atom stereocenters. The fourth-order valence-electron chi connectivity index (χ4n) is 1.38. The Morgan fingerprint density at radius 2 is 2.06 bits per heavy atom. The Balaban J connectivity index is 0.00000289. The molecule has 6 heteroatoms. The summed E-state index contributed by atoms with van der Waals surface area (Å²) in [5, 5.41) is 2.69. The van der Waals surface area contributed by atoms with E-state index >= 15 is 0 Å². The Kier molecular flexibility index (Phi) is 6.65. The molecule has 0 aliphatic carbocycles. The number of hydrogen-bond donors (Lipinski definition) is 2. The van der Waals surface area contributed by atoms with Gasteiger partial charge in [0, 0.05) is 0 Å². The zero-order valence-electron chi connectivity index (χ0n) is 10.6. The molecule has 1 aromatic carbocycles. The molecule has 0 aliphatic rings. The van der Waals surface area contributed by atoms with Crippen LogP contribution in [0.25, 0.3) is 0 Å². The van der Waals surface area contributed by atoms with Crippen molar-refractivity contribution in [3.8, 4) is 5.75 Å². The van der Waals surface area contributed by atoms with Crippen LogP contribution in [-0.2, 0) is 4.79 Å². The summed E-state index contributed by atoms with van der Waals surface area (Å²) in [6, 6.07) is 3.69. The van der Waals surface area contributed by atoms with Crippen molar-refractivity contribution < 1.29 is 13.9 Å². The number of hydrogen-bond acceptors (Lipinski definition) is 3. The van der Waals surface area contributed by atoms with Crippen LogP contribution in [0, 0.1) is 5.82 Å². The number of halogens is 2. The molecule has 0 saturated carbocycles. The molecule has 0 bridgehead atoms. The standard InChI is InChI=1S/C12H17FN2O2.ClH/c1-7(14)12(16)15-8(2)9-4-5-11(17-3)10(13)6-9;/h4-8H,14H2,1-3H3,(H,15,16);1H/t7-,8?;/m0./s1. The molecule has 0 saturated heterocycles. The Labute approximate surface area is 112 Å². The van der Waals surface area contributed by atoms with Crippen molar-refractivity contribution in [2.75, 3.05) is 7.11 Å². The molecule has 1 rings (SSSR count). The summed E-state index contributed by atoms with van der Waals surface area (Å²) in [5.74, 6) is -0.542. The number of carbonyl (C=O) groups excluding carboxylic acids is 1. The predicted molar refractivity (Wildman–Crippen MR) is 70.4 cm³/mol. The lowest BCUT2D eigenvalue weighted by Crippen LogP contribution is -2.39. The summed E-state index contributed by atoms with van der Waals surface area (Å²) in [4.78, 5) is 11.4. The van der Waals surface area contributed by atoms with Gasteiger partial charge in [-0.3, -0.25) is 4.79 Å². The van der Waals surface area contributed by atoms with Crippen molar-refractivity contribution in [2.24, 2.45) is 5.73 Å². The van der Waals surface area contributed by atoms with E-state index in [1.807, 2.05) is 0 Å². The lowest BCUT2D eigenvalue weighted by Gasteiger charge is -2.16. The molecule has 0 heterocycles. The molecular weight excluding hydrogens is 259 g/mol. The third-order valence-electron chi connectivity index (χ3n) is 2.45. The number of amides is 1. The van der Waals surface area contributed by atoms with Crippen LogP contribution in [0.15, 0.2) is 18.2 Å². The van der Waals surface area contributed by atoms with Gasteiger partial charge in [0.05, 0.1) is 19.2 Å². The summed E-state index contributed by atoms with van der Waals surface area (Å²) in [7, 11) is 1.40. The first-order chi connectivity index (χ1) is 7.95. The van der Waals surface area contributed by atoms with Crippen LogP contribution in [-0.4, -0.2) is 19.1 Å². The van der Waals surface area contributed by atoms with Gasteiger partial charge in [0.25, 0.3) is 0 Å². The molecule has 0 spiro atoms. The SMILES string of the molecule is COc1ccc(C(C)NC(=O)[C@H](C)N)cc1F.Cl. The van der Waals surface area contributed by atoms with Crippen molar-refractivity contribution in [1.82, 2.24) is 5.32 Å². The second-order valence-corrected chi connectivity index (χ2v) is 3.91. The van der Waals surface area contributed by atoms with Gasteiger partial charge in [-0.15, -0.1) is 12.4 Å². The molecule has 0 radical (unpaired) electrons. The quantitative estimate of drug-likeness (QED) is 0.881. The molecule has 1 amide bonds. The fraction of sp³-hybridized carbons (Fsp3) is 0.417. The first-order valence-corrected chi connectivity index (χ1v) is 5.35. The molecule has 102 valence electrons. The smallest absolute Gasteiger partial charge is 0.237 e. The van der Waals surface area contributed by atoms with E-state index in [1.54, 1.807) is 19.9 Å². The van der Waals surface area contributed by atoms with Crippen molar-refractivity contribution in [3.63, 3.8) is 0 Å². The Bertz CT molecular complexity index is 413. The zero-order chi connectivity index (χ0) is 13.0. The van der Waals surface area contributed by atoms with Gasteiger partial charge in [-0.05, 0) is 31.5 Å². The molecule has 4 nitrogen and oxygen atoms in total.